The number of nitrogens with one attached hydrogen (secondary N) is 1. The van der Waals surface area contributed by atoms with Crippen molar-refractivity contribution in [1.82, 2.24) is 10.2 Å². The lowest BCUT2D eigenvalue weighted by molar-refractivity contribution is 0.260. The first-order valence-electron chi connectivity index (χ1n) is 6.59. The van der Waals surface area contributed by atoms with Crippen LogP contribution in [0.1, 0.15) is 25.3 Å². The first-order chi connectivity index (χ1) is 8.70. The van der Waals surface area contributed by atoms with Crippen LogP contribution in [0.4, 0.5) is 8.78 Å². The van der Waals surface area contributed by atoms with Gasteiger partial charge in [-0.15, -0.1) is 0 Å². The highest BCUT2D eigenvalue weighted by molar-refractivity contribution is 5.17. The molecule has 18 heavy (non-hydrogen) atoms. The zero-order chi connectivity index (χ0) is 13.0. The topological polar surface area (TPSA) is 15.3 Å². The molecule has 1 aliphatic heterocycles. The van der Waals surface area contributed by atoms with Crippen molar-refractivity contribution in [2.24, 2.45) is 0 Å². The van der Waals surface area contributed by atoms with Crippen molar-refractivity contribution in [2.45, 2.75) is 32.4 Å². The Morgan fingerprint density at radius 1 is 1.33 bits per heavy atom. The summed E-state index contributed by atoms with van der Waals surface area (Å²) in [5.74, 6) is -1.56. The second-order valence-corrected chi connectivity index (χ2v) is 4.80. The zero-order valence-corrected chi connectivity index (χ0v) is 10.8. The molecule has 0 aliphatic carbocycles. The Morgan fingerprint density at radius 2 is 2.17 bits per heavy atom. The first kappa shape index (κ1) is 13.4. The number of likely N-dealkylation sites (tertiary alicyclic amines) is 1. The second-order valence-electron chi connectivity index (χ2n) is 4.80. The molecule has 100 valence electrons. The van der Waals surface area contributed by atoms with Crippen molar-refractivity contribution in [1.29, 1.82) is 0 Å². The van der Waals surface area contributed by atoms with E-state index in [0.29, 0.717) is 12.6 Å². The fourth-order valence-electron chi connectivity index (χ4n) is 2.58. The summed E-state index contributed by atoms with van der Waals surface area (Å²) in [5.41, 5.74) is 0.787. The number of halogens is 2. The molecule has 2 nitrogen and oxygen atoms in total. The Hall–Kier alpha value is -1.00. The maximum Gasteiger partial charge on any atom is 0.159 e. The van der Waals surface area contributed by atoms with Gasteiger partial charge >= 0.3 is 0 Å². The number of benzene rings is 1. The van der Waals surface area contributed by atoms with Crippen molar-refractivity contribution < 1.29 is 8.78 Å². The van der Waals surface area contributed by atoms with Gasteiger partial charge in [0.1, 0.15) is 0 Å². The highest BCUT2D eigenvalue weighted by Gasteiger charge is 2.21. The third kappa shape index (κ3) is 3.27. The third-order valence-electron chi connectivity index (χ3n) is 3.60. The molecule has 1 aromatic rings. The van der Waals surface area contributed by atoms with Crippen LogP contribution in [-0.2, 0) is 6.54 Å². The van der Waals surface area contributed by atoms with Gasteiger partial charge in [-0.05, 0) is 43.6 Å². The van der Waals surface area contributed by atoms with Gasteiger partial charge in [-0.1, -0.05) is 13.0 Å². The monoisotopic (exact) mass is 254 g/mol. The number of nitrogens with zero attached hydrogens (tertiary/aromatic N) is 1. The summed E-state index contributed by atoms with van der Waals surface area (Å²) in [5, 5.41) is 3.32. The van der Waals surface area contributed by atoms with Crippen LogP contribution in [0, 0.1) is 11.6 Å². The molecular weight excluding hydrogens is 234 g/mol. The van der Waals surface area contributed by atoms with Crippen LogP contribution in [0.5, 0.6) is 0 Å². The average molecular weight is 254 g/mol. The number of hydrogen-bond donors (Lipinski definition) is 1. The zero-order valence-electron chi connectivity index (χ0n) is 10.8. The average Bonchev–Trinajstić information content (AvgIpc) is 2.81. The van der Waals surface area contributed by atoms with E-state index >= 15 is 0 Å². The molecule has 1 N–H and O–H groups in total. The molecule has 1 atom stereocenters. The van der Waals surface area contributed by atoms with Gasteiger partial charge in [-0.2, -0.15) is 0 Å². The van der Waals surface area contributed by atoms with Crippen LogP contribution in [0.15, 0.2) is 18.2 Å². The summed E-state index contributed by atoms with van der Waals surface area (Å²) < 4.78 is 25.8. The smallest absolute Gasteiger partial charge is 0.159 e. The normalized spacial score (nSPS) is 20.5. The Labute approximate surface area is 107 Å². The number of hydrogen-bond acceptors (Lipinski definition) is 2. The SMILES string of the molecule is CCN1CCCC1CNCc1ccc(F)c(F)c1. The van der Waals surface area contributed by atoms with Gasteiger partial charge < -0.3 is 5.32 Å². The lowest BCUT2D eigenvalue weighted by Crippen LogP contribution is -2.37. The van der Waals surface area contributed by atoms with Crippen molar-refractivity contribution in [2.75, 3.05) is 19.6 Å². The number of rotatable bonds is 5. The molecule has 1 aromatic carbocycles. The third-order valence-corrected chi connectivity index (χ3v) is 3.60. The van der Waals surface area contributed by atoms with Crippen molar-refractivity contribution in [3.05, 3.63) is 35.4 Å². The minimum Gasteiger partial charge on any atom is -0.311 e. The van der Waals surface area contributed by atoms with Crippen molar-refractivity contribution in [3.8, 4) is 0 Å². The Balaban J connectivity index is 1.79. The van der Waals surface area contributed by atoms with Gasteiger partial charge in [0.2, 0.25) is 0 Å². The highest BCUT2D eigenvalue weighted by Crippen LogP contribution is 2.16. The predicted octanol–water partition coefficient (Wildman–Crippen LogP) is 2.54. The van der Waals surface area contributed by atoms with Gasteiger partial charge in [0.05, 0.1) is 0 Å². The predicted molar refractivity (Wildman–Crippen MR) is 68.3 cm³/mol. The molecular formula is C14H20F2N2. The molecule has 0 aromatic heterocycles. The van der Waals surface area contributed by atoms with Gasteiger partial charge in [0, 0.05) is 19.1 Å². The highest BCUT2D eigenvalue weighted by atomic mass is 19.2. The molecule has 0 radical (unpaired) electrons. The Kier molecular flexibility index (Phi) is 4.66. The largest absolute Gasteiger partial charge is 0.311 e. The van der Waals surface area contributed by atoms with E-state index in [1.165, 1.54) is 31.5 Å². The molecule has 1 aliphatic rings. The molecule has 0 saturated carbocycles. The minimum absolute atomic E-state index is 0.584. The quantitative estimate of drug-likeness (QED) is 0.868. The van der Waals surface area contributed by atoms with E-state index in [0.717, 1.165) is 18.7 Å². The van der Waals surface area contributed by atoms with E-state index in [2.05, 4.69) is 17.1 Å². The van der Waals surface area contributed by atoms with E-state index < -0.39 is 11.6 Å². The first-order valence-corrected chi connectivity index (χ1v) is 6.59. The van der Waals surface area contributed by atoms with Crippen LogP contribution in [0.3, 0.4) is 0 Å². The van der Waals surface area contributed by atoms with Crippen LogP contribution in [0.25, 0.3) is 0 Å². The summed E-state index contributed by atoms with van der Waals surface area (Å²) in [7, 11) is 0. The molecule has 2 rings (SSSR count). The fourth-order valence-corrected chi connectivity index (χ4v) is 2.58. The molecule has 0 amide bonds. The standard InChI is InChI=1S/C14H20F2N2/c1-2-18-7-3-4-12(18)10-17-9-11-5-6-13(15)14(16)8-11/h5-6,8,12,17H,2-4,7,9-10H2,1H3. The van der Waals surface area contributed by atoms with E-state index in [-0.39, 0.29) is 0 Å². The van der Waals surface area contributed by atoms with Gasteiger partial charge in [0.15, 0.2) is 11.6 Å². The second kappa shape index (κ2) is 6.25. The Bertz CT molecular complexity index is 395. The van der Waals surface area contributed by atoms with Crippen LogP contribution >= 0.6 is 0 Å². The maximum absolute atomic E-state index is 13.0. The number of likely N-dealkylation sites (N-methyl/N-ethyl adjacent to an activating group) is 1. The minimum atomic E-state index is -0.785. The van der Waals surface area contributed by atoms with Gasteiger partial charge in [0.25, 0.3) is 0 Å². The van der Waals surface area contributed by atoms with E-state index in [9.17, 15) is 8.78 Å². The fraction of sp³-hybridized carbons (Fsp3) is 0.571. The summed E-state index contributed by atoms with van der Waals surface area (Å²) >= 11 is 0. The molecule has 1 fully saturated rings. The summed E-state index contributed by atoms with van der Waals surface area (Å²) in [6, 6.07) is 4.65. The lowest BCUT2D eigenvalue weighted by Gasteiger charge is -2.23. The summed E-state index contributed by atoms with van der Waals surface area (Å²) in [4.78, 5) is 2.46. The molecule has 1 saturated heterocycles. The van der Waals surface area contributed by atoms with E-state index in [1.807, 2.05) is 0 Å². The molecule has 1 unspecified atom stereocenters. The van der Waals surface area contributed by atoms with E-state index in [4.69, 9.17) is 0 Å². The summed E-state index contributed by atoms with van der Waals surface area (Å²) in [6.07, 6.45) is 2.48. The van der Waals surface area contributed by atoms with Crippen LogP contribution < -0.4 is 5.32 Å². The summed E-state index contributed by atoms with van der Waals surface area (Å²) in [6.45, 7) is 5.93. The Morgan fingerprint density at radius 3 is 2.89 bits per heavy atom. The maximum atomic E-state index is 13.0. The molecule has 0 bridgehead atoms. The van der Waals surface area contributed by atoms with Crippen molar-refractivity contribution >= 4 is 0 Å². The lowest BCUT2D eigenvalue weighted by atomic mass is 10.2. The van der Waals surface area contributed by atoms with E-state index in [1.54, 1.807) is 6.07 Å². The van der Waals surface area contributed by atoms with Crippen molar-refractivity contribution in [3.63, 3.8) is 0 Å². The van der Waals surface area contributed by atoms with Crippen LogP contribution in [0.2, 0.25) is 0 Å². The molecule has 0 spiro atoms. The molecule has 1 heterocycles. The van der Waals surface area contributed by atoms with Crippen LogP contribution in [-0.4, -0.2) is 30.6 Å². The van der Waals surface area contributed by atoms with Gasteiger partial charge in [-0.3, -0.25) is 4.90 Å². The molecule has 4 heteroatoms. The van der Waals surface area contributed by atoms with Gasteiger partial charge in [-0.25, -0.2) is 8.78 Å².